The number of carbonyl (C=O) groups is 2. The van der Waals surface area contributed by atoms with Crippen molar-refractivity contribution >= 4 is 46.3 Å². The van der Waals surface area contributed by atoms with Crippen molar-refractivity contribution in [2.24, 2.45) is 0 Å². The van der Waals surface area contributed by atoms with Gasteiger partial charge >= 0.3 is 6.18 Å². The molecule has 2 rings (SSSR count). The normalized spacial score (nSPS) is 12.8. The van der Waals surface area contributed by atoms with Crippen LogP contribution < -0.4 is 30.7 Å². The molecular weight excluding hydrogens is 513 g/mol. The molecule has 200 valence electrons. The lowest BCUT2D eigenvalue weighted by Gasteiger charge is -2.15. The van der Waals surface area contributed by atoms with Crippen molar-refractivity contribution in [2.75, 3.05) is 51.0 Å². The molecule has 0 bridgehead atoms. The van der Waals surface area contributed by atoms with Gasteiger partial charge in [-0.3, -0.25) is 23.9 Å². The van der Waals surface area contributed by atoms with Gasteiger partial charge in [-0.05, 0) is 32.2 Å². The fourth-order valence-corrected chi connectivity index (χ4v) is 4.15. The number of anilines is 2. The number of thiazole rings is 1. The van der Waals surface area contributed by atoms with Crippen molar-refractivity contribution in [2.45, 2.75) is 19.6 Å². The smallest absolute Gasteiger partial charge is 0.383 e. The zero-order valence-corrected chi connectivity index (χ0v) is 21.3. The Hall–Kier alpha value is -3.67. The summed E-state index contributed by atoms with van der Waals surface area (Å²) in [5.41, 5.74) is -0.0545. The number of likely N-dealkylation sites (N-methyl/N-ethyl adjacent to an activating group) is 1. The van der Waals surface area contributed by atoms with E-state index < -0.39 is 29.8 Å². The predicted molar refractivity (Wildman–Crippen MR) is 134 cm³/mol. The number of amides is 2. The summed E-state index contributed by atoms with van der Waals surface area (Å²) in [4.78, 5) is 39.0. The highest BCUT2D eigenvalue weighted by Gasteiger charge is 2.28. The summed E-state index contributed by atoms with van der Waals surface area (Å²) >= 11 is 0.798. The molecule has 3 N–H and O–H groups in total. The van der Waals surface area contributed by atoms with E-state index in [1.54, 1.807) is 61.6 Å². The zero-order chi connectivity index (χ0) is 27.6. The molecule has 1 heterocycles. The lowest BCUT2D eigenvalue weighted by Crippen LogP contribution is -2.37. The second kappa shape index (κ2) is 13.6. The van der Waals surface area contributed by atoms with Crippen LogP contribution in [0.2, 0.25) is 0 Å². The molecule has 1 aromatic carbocycles. The van der Waals surface area contributed by atoms with Gasteiger partial charge in [-0.15, -0.1) is 11.3 Å². The van der Waals surface area contributed by atoms with E-state index in [4.69, 9.17) is 4.74 Å². The highest BCUT2D eigenvalue weighted by Crippen LogP contribution is 2.15. The Morgan fingerprint density at radius 1 is 1.30 bits per heavy atom. The number of ether oxygens (including phenoxy) is 1. The van der Waals surface area contributed by atoms with Gasteiger partial charge in [-0.1, -0.05) is 6.07 Å². The molecule has 0 aliphatic rings. The third kappa shape index (κ3) is 9.05. The summed E-state index contributed by atoms with van der Waals surface area (Å²) < 4.78 is 43.6. The molecule has 0 aliphatic heterocycles. The fraction of sp³-hybridized carbons (Fsp3) is 0.391. The van der Waals surface area contributed by atoms with Gasteiger partial charge in [0.25, 0.3) is 11.5 Å². The van der Waals surface area contributed by atoms with E-state index in [0.29, 0.717) is 24.5 Å². The van der Waals surface area contributed by atoms with Gasteiger partial charge in [0.05, 0.1) is 13.2 Å². The Morgan fingerprint density at radius 2 is 2.00 bits per heavy atom. The van der Waals surface area contributed by atoms with E-state index >= 15 is 0 Å². The average molecular weight is 541 g/mol. The van der Waals surface area contributed by atoms with Gasteiger partial charge in [-0.2, -0.15) is 18.4 Å². The summed E-state index contributed by atoms with van der Waals surface area (Å²) in [5, 5.41) is 16.8. The topological polar surface area (TPSA) is 128 Å². The van der Waals surface area contributed by atoms with Gasteiger partial charge in [0.1, 0.15) is 21.8 Å². The number of alkyl halides is 3. The summed E-state index contributed by atoms with van der Waals surface area (Å²) in [6.07, 6.45) is -3.28. The van der Waals surface area contributed by atoms with E-state index in [-0.39, 0.29) is 28.2 Å². The molecule has 0 atom stereocenters. The predicted octanol–water partition coefficient (Wildman–Crippen LogP) is 0.649. The fourth-order valence-electron chi connectivity index (χ4n) is 3.06. The first-order chi connectivity index (χ1) is 17.5. The molecule has 2 amide bonds. The maximum Gasteiger partial charge on any atom is 0.405 e. The summed E-state index contributed by atoms with van der Waals surface area (Å²) in [6, 6.07) is 8.32. The van der Waals surface area contributed by atoms with Crippen LogP contribution in [0, 0.1) is 11.3 Å². The number of halogens is 3. The quantitative estimate of drug-likeness (QED) is 0.382. The van der Waals surface area contributed by atoms with Crippen LogP contribution in [0.15, 0.2) is 29.1 Å². The molecule has 0 saturated heterocycles. The van der Waals surface area contributed by atoms with Gasteiger partial charge < -0.3 is 20.7 Å². The summed E-state index contributed by atoms with van der Waals surface area (Å²) in [5.74, 6) is -1.45. The number of nitrogens with zero attached hydrogens (tertiary/aromatic N) is 3. The minimum Gasteiger partial charge on any atom is -0.383 e. The van der Waals surface area contributed by atoms with Crippen LogP contribution in [0.25, 0.3) is 11.8 Å². The number of carbonyl (C=O) groups excluding carboxylic acids is 2. The molecule has 10 nitrogen and oxygen atoms in total. The van der Waals surface area contributed by atoms with Crippen LogP contribution >= 0.6 is 11.3 Å². The third-order valence-corrected chi connectivity index (χ3v) is 5.96. The van der Waals surface area contributed by atoms with Crippen molar-refractivity contribution in [3.8, 4) is 6.07 Å². The van der Waals surface area contributed by atoms with Crippen molar-refractivity contribution in [3.63, 3.8) is 0 Å². The van der Waals surface area contributed by atoms with Crippen LogP contribution in [0.1, 0.15) is 6.92 Å². The Morgan fingerprint density at radius 3 is 2.62 bits per heavy atom. The minimum absolute atomic E-state index is 0.0543. The number of hydrogen-bond acceptors (Lipinski definition) is 8. The van der Waals surface area contributed by atoms with Crippen LogP contribution in [-0.2, 0) is 20.9 Å². The van der Waals surface area contributed by atoms with E-state index in [0.717, 1.165) is 15.9 Å². The van der Waals surface area contributed by atoms with Crippen LogP contribution in [0.5, 0.6) is 0 Å². The molecule has 0 fully saturated rings. The zero-order valence-electron chi connectivity index (χ0n) is 20.4. The Kier molecular flexibility index (Phi) is 10.9. The number of aromatic nitrogens is 1. The number of benzene rings is 1. The molecular formula is C23H27F3N6O4S. The highest BCUT2D eigenvalue weighted by molar-refractivity contribution is 7.07. The molecule has 0 radical (unpaired) electrons. The second-order valence-electron chi connectivity index (χ2n) is 7.75. The van der Waals surface area contributed by atoms with Gasteiger partial charge in [-0.25, -0.2) is 0 Å². The van der Waals surface area contributed by atoms with Gasteiger partial charge in [0, 0.05) is 37.8 Å². The van der Waals surface area contributed by atoms with Gasteiger partial charge in [0.2, 0.25) is 5.91 Å². The lowest BCUT2D eigenvalue weighted by molar-refractivity contribution is -0.135. The lowest BCUT2D eigenvalue weighted by atomic mass is 10.2. The second-order valence-corrected chi connectivity index (χ2v) is 8.78. The maximum atomic E-state index is 12.8. The Balaban J connectivity index is 2.27. The van der Waals surface area contributed by atoms with Gasteiger partial charge in [0.15, 0.2) is 5.57 Å². The number of hydrogen-bond donors (Lipinski definition) is 3. The highest BCUT2D eigenvalue weighted by atomic mass is 32.1. The molecule has 0 aliphatic carbocycles. The minimum atomic E-state index is -4.65. The Bertz CT molecular complexity index is 1330. The number of rotatable bonds is 11. The molecule has 0 saturated carbocycles. The van der Waals surface area contributed by atoms with Crippen molar-refractivity contribution < 1.29 is 27.5 Å². The summed E-state index contributed by atoms with van der Waals surface area (Å²) in [7, 11) is 3.37. The first-order valence-electron chi connectivity index (χ1n) is 11.0. The van der Waals surface area contributed by atoms with E-state index in [2.05, 4.69) is 10.6 Å². The third-order valence-electron chi connectivity index (χ3n) is 4.83. The number of nitriles is 1. The maximum absolute atomic E-state index is 12.8. The largest absolute Gasteiger partial charge is 0.405 e. The van der Waals surface area contributed by atoms with Crippen molar-refractivity contribution in [1.29, 1.82) is 5.26 Å². The molecule has 0 unspecified atom stereocenters. The first kappa shape index (κ1) is 29.6. The molecule has 1 aromatic heterocycles. The van der Waals surface area contributed by atoms with E-state index in [9.17, 15) is 32.8 Å². The van der Waals surface area contributed by atoms with E-state index in [1.165, 1.54) is 6.20 Å². The monoisotopic (exact) mass is 540 g/mol. The first-order valence-corrected chi connectivity index (χ1v) is 11.8. The number of methoxy groups -OCH3 is 1. The van der Waals surface area contributed by atoms with E-state index in [1.807, 2.05) is 0 Å². The Labute approximate surface area is 214 Å². The molecule has 0 spiro atoms. The van der Waals surface area contributed by atoms with Crippen LogP contribution in [0.4, 0.5) is 24.5 Å². The SMILES string of the molecule is CCn1c(=C(C#N)C(=O)NCC(F)(F)F)sc(=CNc2cccc(NC(=O)CN(C)CCOC)c2)c1=O. The molecule has 37 heavy (non-hydrogen) atoms. The van der Waals surface area contributed by atoms with Crippen LogP contribution in [-0.4, -0.2) is 67.9 Å². The summed E-state index contributed by atoms with van der Waals surface area (Å²) in [6.45, 7) is 1.35. The number of nitrogens with one attached hydrogen (secondary N) is 3. The van der Waals surface area contributed by atoms with Crippen LogP contribution in [0.3, 0.4) is 0 Å². The molecule has 14 heteroatoms. The molecule has 2 aromatic rings. The van der Waals surface area contributed by atoms with Crippen molar-refractivity contribution in [1.82, 2.24) is 14.8 Å². The van der Waals surface area contributed by atoms with Crippen molar-refractivity contribution in [3.05, 3.63) is 43.8 Å². The standard InChI is InChI=1S/C23H27F3N6O4S/c1-4-32-21(35)18(37-22(32)17(11-27)20(34)29-14-23(24,25)26)12-28-15-6-5-7-16(10-15)30-19(33)13-31(2)8-9-36-3/h5-7,10,12,28H,4,8-9,13-14H2,1-3H3,(H,29,34)(H,30,33). The average Bonchev–Trinajstić information content (AvgIpc) is 3.15.